The predicted octanol–water partition coefficient (Wildman–Crippen LogP) is 2.70. The number of hydrogen-bond acceptors (Lipinski definition) is 3. The van der Waals surface area contributed by atoms with Gasteiger partial charge in [-0.05, 0) is 47.9 Å². The van der Waals surface area contributed by atoms with Crippen molar-refractivity contribution in [1.82, 2.24) is 0 Å². The highest BCUT2D eigenvalue weighted by Crippen LogP contribution is 2.49. The van der Waals surface area contributed by atoms with Crippen molar-refractivity contribution in [2.45, 2.75) is 50.3 Å². The molecule has 0 radical (unpaired) electrons. The summed E-state index contributed by atoms with van der Waals surface area (Å²) in [5.74, 6) is 0. The second kappa shape index (κ2) is 4.85. The third-order valence-electron chi connectivity index (χ3n) is 3.95. The van der Waals surface area contributed by atoms with Crippen molar-refractivity contribution in [2.75, 3.05) is 12.9 Å². The Labute approximate surface area is 121 Å². The number of sulfone groups is 1. The lowest BCUT2D eigenvalue weighted by Gasteiger charge is -2.24. The minimum absolute atomic E-state index is 0.0798. The average molecular weight is 296 g/mol. The zero-order valence-electron chi connectivity index (χ0n) is 12.7. The van der Waals surface area contributed by atoms with Crippen LogP contribution in [0.4, 0.5) is 0 Å². The summed E-state index contributed by atoms with van der Waals surface area (Å²) in [5.41, 5.74) is 2.14. The second-order valence-corrected chi connectivity index (χ2v) is 9.28. The van der Waals surface area contributed by atoms with Crippen LogP contribution in [0.15, 0.2) is 23.1 Å². The molecule has 0 amide bonds. The molecule has 20 heavy (non-hydrogen) atoms. The van der Waals surface area contributed by atoms with Gasteiger partial charge >= 0.3 is 0 Å². The molecule has 0 bridgehead atoms. The van der Waals surface area contributed by atoms with Crippen LogP contribution in [0.1, 0.15) is 44.7 Å². The van der Waals surface area contributed by atoms with E-state index in [1.807, 2.05) is 6.07 Å². The zero-order valence-corrected chi connectivity index (χ0v) is 13.5. The molecule has 1 aliphatic rings. The summed E-state index contributed by atoms with van der Waals surface area (Å²) in [6.07, 6.45) is 4.02. The van der Waals surface area contributed by atoms with Gasteiger partial charge in [0.2, 0.25) is 0 Å². The van der Waals surface area contributed by atoms with Crippen molar-refractivity contribution in [1.29, 1.82) is 0 Å². The fourth-order valence-electron chi connectivity index (χ4n) is 2.70. The van der Waals surface area contributed by atoms with Crippen LogP contribution in [0.3, 0.4) is 0 Å². The Kier molecular flexibility index (Phi) is 3.76. The molecule has 0 saturated heterocycles. The largest absolute Gasteiger partial charge is 0.395 e. The van der Waals surface area contributed by atoms with Crippen LogP contribution in [-0.2, 0) is 21.7 Å². The zero-order chi connectivity index (χ0) is 15.2. The third kappa shape index (κ3) is 3.23. The van der Waals surface area contributed by atoms with Crippen molar-refractivity contribution >= 4 is 9.84 Å². The van der Waals surface area contributed by atoms with Crippen molar-refractivity contribution in [3.8, 4) is 0 Å². The quantitative estimate of drug-likeness (QED) is 0.929. The van der Waals surface area contributed by atoms with Crippen LogP contribution in [0, 0.1) is 5.41 Å². The molecule has 2 rings (SSSR count). The van der Waals surface area contributed by atoms with E-state index in [0.717, 1.165) is 30.4 Å². The summed E-state index contributed by atoms with van der Waals surface area (Å²) in [5, 5.41) is 9.64. The van der Waals surface area contributed by atoms with E-state index in [-0.39, 0.29) is 17.4 Å². The predicted molar refractivity (Wildman–Crippen MR) is 80.7 cm³/mol. The monoisotopic (exact) mass is 296 g/mol. The number of benzene rings is 1. The van der Waals surface area contributed by atoms with Gasteiger partial charge < -0.3 is 5.11 Å². The lowest BCUT2D eigenvalue weighted by Crippen LogP contribution is -2.19. The summed E-state index contributed by atoms with van der Waals surface area (Å²) >= 11 is 0. The molecule has 0 aliphatic heterocycles. The molecule has 3 nitrogen and oxygen atoms in total. The van der Waals surface area contributed by atoms with Gasteiger partial charge in [0, 0.05) is 11.7 Å². The summed E-state index contributed by atoms with van der Waals surface area (Å²) in [6.45, 7) is 6.57. The molecule has 1 N–H and O–H groups in total. The Morgan fingerprint density at radius 2 is 1.85 bits per heavy atom. The number of rotatable bonds is 4. The highest BCUT2D eigenvalue weighted by atomic mass is 32.2. The van der Waals surface area contributed by atoms with Crippen molar-refractivity contribution in [3.63, 3.8) is 0 Å². The third-order valence-corrected chi connectivity index (χ3v) is 5.06. The molecular formula is C16H24O3S. The van der Waals surface area contributed by atoms with Crippen LogP contribution in [0.2, 0.25) is 0 Å². The van der Waals surface area contributed by atoms with Crippen LogP contribution in [0.25, 0.3) is 0 Å². The van der Waals surface area contributed by atoms with Crippen molar-refractivity contribution in [3.05, 3.63) is 29.3 Å². The van der Waals surface area contributed by atoms with E-state index in [1.165, 1.54) is 6.26 Å². The van der Waals surface area contributed by atoms with Crippen molar-refractivity contribution < 1.29 is 13.5 Å². The molecule has 4 heteroatoms. The van der Waals surface area contributed by atoms with Crippen LogP contribution < -0.4 is 0 Å². The smallest absolute Gasteiger partial charge is 0.175 e. The van der Waals surface area contributed by atoms with E-state index >= 15 is 0 Å². The summed E-state index contributed by atoms with van der Waals surface area (Å²) in [4.78, 5) is 0.370. The molecule has 1 fully saturated rings. The van der Waals surface area contributed by atoms with Gasteiger partial charge in [0.1, 0.15) is 0 Å². The highest BCUT2D eigenvalue weighted by molar-refractivity contribution is 7.90. The molecule has 0 spiro atoms. The average Bonchev–Trinajstić information content (AvgIpc) is 3.06. The number of hydrogen-bond donors (Lipinski definition) is 1. The van der Waals surface area contributed by atoms with E-state index in [2.05, 4.69) is 20.8 Å². The standard InChI is InChI=1S/C16H24O3S/c1-15(2,3)10-12-9-13(20(4,18)19)5-6-14(12)16(11-17)7-8-16/h5-6,9,17H,7-8,10-11H2,1-4H3. The lowest BCUT2D eigenvalue weighted by atomic mass is 9.82. The van der Waals surface area contributed by atoms with Crippen molar-refractivity contribution in [2.24, 2.45) is 5.41 Å². The molecule has 0 atom stereocenters. The first kappa shape index (κ1) is 15.5. The molecule has 0 aromatic heterocycles. The Balaban J connectivity index is 2.52. The van der Waals surface area contributed by atoms with E-state index in [9.17, 15) is 13.5 Å². The number of aliphatic hydroxyl groups is 1. The summed E-state index contributed by atoms with van der Waals surface area (Å²) in [7, 11) is -3.19. The fraction of sp³-hybridized carbons (Fsp3) is 0.625. The maximum Gasteiger partial charge on any atom is 0.175 e. The molecule has 112 valence electrons. The molecule has 1 aliphatic carbocycles. The van der Waals surface area contributed by atoms with Gasteiger partial charge in [-0.2, -0.15) is 0 Å². The first-order valence-electron chi connectivity index (χ1n) is 7.02. The first-order valence-corrected chi connectivity index (χ1v) is 8.91. The number of aliphatic hydroxyl groups excluding tert-OH is 1. The Bertz CT molecular complexity index is 605. The van der Waals surface area contributed by atoms with Gasteiger partial charge in [0.05, 0.1) is 11.5 Å². The Morgan fingerprint density at radius 1 is 1.25 bits per heavy atom. The minimum Gasteiger partial charge on any atom is -0.395 e. The van der Waals surface area contributed by atoms with E-state index < -0.39 is 9.84 Å². The molecular weight excluding hydrogens is 272 g/mol. The maximum atomic E-state index is 11.7. The van der Waals surface area contributed by atoms with E-state index in [4.69, 9.17) is 0 Å². The molecule has 1 saturated carbocycles. The van der Waals surface area contributed by atoms with Crippen LogP contribution in [-0.4, -0.2) is 26.4 Å². The van der Waals surface area contributed by atoms with Gasteiger partial charge in [-0.3, -0.25) is 0 Å². The summed E-state index contributed by atoms with van der Waals surface area (Å²) in [6, 6.07) is 5.37. The first-order chi connectivity index (χ1) is 9.07. The van der Waals surface area contributed by atoms with Gasteiger partial charge in [-0.1, -0.05) is 26.8 Å². The Hall–Kier alpha value is -0.870. The molecule has 1 aromatic rings. The molecule has 0 heterocycles. The molecule has 1 aromatic carbocycles. The normalized spacial score (nSPS) is 18.1. The maximum absolute atomic E-state index is 11.7. The Morgan fingerprint density at radius 3 is 2.25 bits per heavy atom. The highest BCUT2D eigenvalue weighted by Gasteiger charge is 2.45. The van der Waals surface area contributed by atoms with Crippen LogP contribution >= 0.6 is 0 Å². The van der Waals surface area contributed by atoms with E-state index in [1.54, 1.807) is 12.1 Å². The van der Waals surface area contributed by atoms with Gasteiger partial charge in [0.25, 0.3) is 0 Å². The minimum atomic E-state index is -3.19. The lowest BCUT2D eigenvalue weighted by molar-refractivity contribution is 0.253. The second-order valence-electron chi connectivity index (χ2n) is 7.27. The van der Waals surface area contributed by atoms with Crippen LogP contribution in [0.5, 0.6) is 0 Å². The van der Waals surface area contributed by atoms with Gasteiger partial charge in [0.15, 0.2) is 9.84 Å². The molecule has 0 unspecified atom stereocenters. The summed E-state index contributed by atoms with van der Waals surface area (Å²) < 4.78 is 23.5. The SMILES string of the molecule is CC(C)(C)Cc1cc(S(C)(=O)=O)ccc1C1(CO)CC1. The fourth-order valence-corrected chi connectivity index (χ4v) is 3.37. The van der Waals surface area contributed by atoms with Gasteiger partial charge in [-0.25, -0.2) is 8.42 Å². The van der Waals surface area contributed by atoms with E-state index in [0.29, 0.717) is 4.90 Å². The van der Waals surface area contributed by atoms with Gasteiger partial charge in [-0.15, -0.1) is 0 Å². The topological polar surface area (TPSA) is 54.4 Å².